The highest BCUT2D eigenvalue weighted by Crippen LogP contribution is 2.28. The number of amides is 1. The Bertz CT molecular complexity index is 1370. The Labute approximate surface area is 191 Å². The van der Waals surface area contributed by atoms with Crippen molar-refractivity contribution in [1.82, 2.24) is 19.7 Å². The first kappa shape index (κ1) is 21.5. The summed E-state index contributed by atoms with van der Waals surface area (Å²) in [6.07, 6.45) is 1.81. The van der Waals surface area contributed by atoms with Gasteiger partial charge in [0.1, 0.15) is 0 Å². The van der Waals surface area contributed by atoms with Crippen LogP contribution in [0.2, 0.25) is 5.02 Å². The average molecular weight is 444 g/mol. The van der Waals surface area contributed by atoms with Crippen molar-refractivity contribution in [2.45, 2.75) is 26.9 Å². The van der Waals surface area contributed by atoms with Gasteiger partial charge in [0.15, 0.2) is 0 Å². The summed E-state index contributed by atoms with van der Waals surface area (Å²) in [6, 6.07) is 16.4. The van der Waals surface area contributed by atoms with Gasteiger partial charge < -0.3 is 4.90 Å². The van der Waals surface area contributed by atoms with E-state index in [1.807, 2.05) is 42.9 Å². The minimum absolute atomic E-state index is 0.138. The number of pyridine rings is 1. The molecule has 0 saturated carbocycles. The Morgan fingerprint density at radius 3 is 2.75 bits per heavy atom. The van der Waals surface area contributed by atoms with Crippen molar-refractivity contribution < 1.29 is 4.79 Å². The van der Waals surface area contributed by atoms with E-state index in [0.29, 0.717) is 39.3 Å². The third-order valence-electron chi connectivity index (χ3n) is 5.55. The Kier molecular flexibility index (Phi) is 5.93. The molecule has 7 heteroatoms. The zero-order chi connectivity index (χ0) is 22.8. The second-order valence-corrected chi connectivity index (χ2v) is 8.08. The van der Waals surface area contributed by atoms with Gasteiger partial charge in [-0.2, -0.15) is 10.4 Å². The van der Waals surface area contributed by atoms with Crippen molar-refractivity contribution in [2.24, 2.45) is 0 Å². The standard InChI is InChI=1S/C25H22ClN5O/c1-4-31-16(2)19(14-28-31)15-30(3)25(32)22-12-24(18-7-5-6-17(10-18)13-27)29-23-9-8-20(26)11-21(22)23/h5-12,14H,4,15H2,1-3H3. The Morgan fingerprint density at radius 2 is 2.03 bits per heavy atom. The molecule has 0 spiro atoms. The molecule has 1 amide bonds. The van der Waals surface area contributed by atoms with Crippen LogP contribution in [0.4, 0.5) is 0 Å². The van der Waals surface area contributed by atoms with Crippen LogP contribution < -0.4 is 0 Å². The number of nitrogens with zero attached hydrogens (tertiary/aromatic N) is 5. The van der Waals surface area contributed by atoms with Gasteiger partial charge in [0.25, 0.3) is 5.91 Å². The van der Waals surface area contributed by atoms with Crippen LogP contribution in [0.3, 0.4) is 0 Å². The molecule has 6 nitrogen and oxygen atoms in total. The van der Waals surface area contributed by atoms with Crippen LogP contribution in [0.5, 0.6) is 0 Å². The maximum atomic E-state index is 13.5. The monoisotopic (exact) mass is 443 g/mol. The van der Waals surface area contributed by atoms with E-state index in [-0.39, 0.29) is 5.91 Å². The second-order valence-electron chi connectivity index (χ2n) is 7.64. The lowest BCUT2D eigenvalue weighted by atomic mass is 10.0. The molecule has 160 valence electrons. The lowest BCUT2D eigenvalue weighted by molar-refractivity contribution is 0.0787. The molecule has 0 fully saturated rings. The smallest absolute Gasteiger partial charge is 0.254 e. The van der Waals surface area contributed by atoms with Crippen molar-refractivity contribution in [3.63, 3.8) is 0 Å². The lowest BCUT2D eigenvalue weighted by Crippen LogP contribution is -2.26. The van der Waals surface area contributed by atoms with Crippen LogP contribution in [0.25, 0.3) is 22.2 Å². The average Bonchev–Trinajstić information content (AvgIpc) is 3.16. The van der Waals surface area contributed by atoms with E-state index in [1.165, 1.54) is 0 Å². The molecule has 0 atom stereocenters. The summed E-state index contributed by atoms with van der Waals surface area (Å²) in [5.74, 6) is -0.138. The number of carbonyl (C=O) groups excluding carboxylic acids is 1. The van der Waals surface area contributed by atoms with Crippen LogP contribution in [0.1, 0.15) is 34.1 Å². The highest BCUT2D eigenvalue weighted by molar-refractivity contribution is 6.31. The molecule has 0 aliphatic rings. The van der Waals surface area contributed by atoms with E-state index in [1.54, 1.807) is 42.3 Å². The summed E-state index contributed by atoms with van der Waals surface area (Å²) in [4.78, 5) is 19.9. The molecule has 0 aliphatic carbocycles. The third kappa shape index (κ3) is 4.08. The summed E-state index contributed by atoms with van der Waals surface area (Å²) in [5, 5.41) is 14.9. The molecule has 0 bridgehead atoms. The number of carbonyl (C=O) groups is 1. The van der Waals surface area contributed by atoms with Gasteiger partial charge in [0, 0.05) is 47.4 Å². The lowest BCUT2D eigenvalue weighted by Gasteiger charge is -2.19. The molecular weight excluding hydrogens is 422 g/mol. The Hall–Kier alpha value is -3.69. The summed E-state index contributed by atoms with van der Waals surface area (Å²) in [7, 11) is 1.78. The molecule has 2 aromatic carbocycles. The molecule has 2 aromatic heterocycles. The number of aromatic nitrogens is 3. The van der Waals surface area contributed by atoms with Gasteiger partial charge in [0.05, 0.1) is 34.6 Å². The van der Waals surface area contributed by atoms with Crippen LogP contribution >= 0.6 is 11.6 Å². The van der Waals surface area contributed by atoms with Crippen molar-refractivity contribution >= 4 is 28.4 Å². The normalized spacial score (nSPS) is 10.8. The van der Waals surface area contributed by atoms with Crippen molar-refractivity contribution in [1.29, 1.82) is 5.26 Å². The fourth-order valence-electron chi connectivity index (χ4n) is 3.76. The number of hydrogen-bond donors (Lipinski definition) is 0. The number of nitriles is 1. The third-order valence-corrected chi connectivity index (χ3v) is 5.78. The number of benzene rings is 2. The molecule has 0 N–H and O–H groups in total. The first-order chi connectivity index (χ1) is 15.4. The zero-order valence-corrected chi connectivity index (χ0v) is 18.9. The van der Waals surface area contributed by atoms with Crippen LogP contribution in [-0.2, 0) is 13.1 Å². The SMILES string of the molecule is CCn1ncc(CN(C)C(=O)c2cc(-c3cccc(C#N)c3)nc3ccc(Cl)cc23)c1C. The number of halogens is 1. The first-order valence-corrected chi connectivity index (χ1v) is 10.7. The van der Waals surface area contributed by atoms with Crippen LogP contribution in [0, 0.1) is 18.3 Å². The van der Waals surface area contributed by atoms with Gasteiger partial charge >= 0.3 is 0 Å². The van der Waals surface area contributed by atoms with Crippen molar-refractivity contribution in [3.8, 4) is 17.3 Å². The molecule has 0 saturated heterocycles. The van der Waals surface area contributed by atoms with Gasteiger partial charge in [-0.15, -0.1) is 0 Å². The minimum atomic E-state index is -0.138. The van der Waals surface area contributed by atoms with E-state index in [9.17, 15) is 10.1 Å². The molecular formula is C25H22ClN5O. The highest BCUT2D eigenvalue weighted by Gasteiger charge is 2.19. The fourth-order valence-corrected chi connectivity index (χ4v) is 3.94. The molecule has 0 aliphatic heterocycles. The predicted octanol–water partition coefficient (Wildman–Crippen LogP) is 5.22. The van der Waals surface area contributed by atoms with Crippen LogP contribution in [-0.4, -0.2) is 32.6 Å². The molecule has 4 aromatic rings. The number of fused-ring (bicyclic) bond motifs is 1. The van der Waals surface area contributed by atoms with Crippen molar-refractivity contribution in [2.75, 3.05) is 7.05 Å². The maximum absolute atomic E-state index is 13.5. The highest BCUT2D eigenvalue weighted by atomic mass is 35.5. The predicted molar refractivity (Wildman–Crippen MR) is 125 cm³/mol. The Morgan fingerprint density at radius 1 is 1.22 bits per heavy atom. The summed E-state index contributed by atoms with van der Waals surface area (Å²) < 4.78 is 1.91. The largest absolute Gasteiger partial charge is 0.337 e. The zero-order valence-electron chi connectivity index (χ0n) is 18.1. The quantitative estimate of drug-likeness (QED) is 0.423. The fraction of sp³-hybridized carbons (Fsp3) is 0.200. The van der Waals surface area contributed by atoms with Gasteiger partial charge in [0.2, 0.25) is 0 Å². The number of hydrogen-bond acceptors (Lipinski definition) is 4. The van der Waals surface area contributed by atoms with Crippen molar-refractivity contribution in [3.05, 3.63) is 82.1 Å². The summed E-state index contributed by atoms with van der Waals surface area (Å²) in [5.41, 5.74) is 5.17. The molecule has 4 rings (SSSR count). The van der Waals surface area contributed by atoms with Gasteiger partial charge in [-0.25, -0.2) is 4.98 Å². The Balaban J connectivity index is 1.78. The van der Waals surface area contributed by atoms with E-state index in [2.05, 4.69) is 11.2 Å². The minimum Gasteiger partial charge on any atom is -0.337 e. The van der Waals surface area contributed by atoms with E-state index >= 15 is 0 Å². The molecule has 32 heavy (non-hydrogen) atoms. The topological polar surface area (TPSA) is 74.8 Å². The second kappa shape index (κ2) is 8.81. The number of aryl methyl sites for hydroxylation is 1. The van der Waals surface area contributed by atoms with E-state index in [4.69, 9.17) is 16.6 Å². The number of rotatable bonds is 5. The van der Waals surface area contributed by atoms with Gasteiger partial charge in [-0.3, -0.25) is 9.48 Å². The van der Waals surface area contributed by atoms with Gasteiger partial charge in [-0.05, 0) is 50.2 Å². The molecule has 0 radical (unpaired) electrons. The molecule has 0 unspecified atom stereocenters. The summed E-state index contributed by atoms with van der Waals surface area (Å²) in [6.45, 7) is 5.26. The first-order valence-electron chi connectivity index (χ1n) is 10.3. The van der Waals surface area contributed by atoms with E-state index in [0.717, 1.165) is 23.4 Å². The maximum Gasteiger partial charge on any atom is 0.254 e. The van der Waals surface area contributed by atoms with Crippen LogP contribution in [0.15, 0.2) is 54.7 Å². The van der Waals surface area contributed by atoms with E-state index < -0.39 is 0 Å². The summed E-state index contributed by atoms with van der Waals surface area (Å²) >= 11 is 6.24. The molecule has 2 heterocycles. The van der Waals surface area contributed by atoms with Gasteiger partial charge in [-0.1, -0.05) is 23.7 Å².